The number of nitro groups is 1. The van der Waals surface area contributed by atoms with E-state index < -0.39 is 10.5 Å². The molecule has 10 heteroatoms. The number of fused-ring (bicyclic) bond motifs is 1. The number of hydrogen-bond donors (Lipinski definition) is 1. The van der Waals surface area contributed by atoms with E-state index in [1.807, 2.05) is 0 Å². The van der Waals surface area contributed by atoms with E-state index in [0.29, 0.717) is 22.9 Å². The van der Waals surface area contributed by atoms with Gasteiger partial charge >= 0.3 is 0 Å². The summed E-state index contributed by atoms with van der Waals surface area (Å²) in [4.78, 5) is 34.7. The molecule has 0 atom stereocenters. The van der Waals surface area contributed by atoms with E-state index in [9.17, 15) is 14.9 Å². The first kappa shape index (κ1) is 14.6. The summed E-state index contributed by atoms with van der Waals surface area (Å²) in [6, 6.07) is 2.71. The third-order valence-electron chi connectivity index (χ3n) is 3.29. The average molecular weight is 316 g/mol. The van der Waals surface area contributed by atoms with Gasteiger partial charge in [0.25, 0.3) is 11.2 Å². The highest BCUT2D eigenvalue weighted by atomic mass is 16.6. The van der Waals surface area contributed by atoms with Crippen LogP contribution in [0.4, 0.5) is 11.4 Å². The van der Waals surface area contributed by atoms with Gasteiger partial charge in [0.1, 0.15) is 5.69 Å². The minimum atomic E-state index is -0.542. The van der Waals surface area contributed by atoms with Crippen molar-refractivity contribution in [1.82, 2.24) is 20.1 Å². The molecule has 3 aromatic rings. The number of anilines is 1. The maximum Gasteiger partial charge on any atom is 0.293 e. The molecule has 0 fully saturated rings. The quantitative estimate of drug-likeness (QED) is 0.560. The first-order valence-electron chi connectivity index (χ1n) is 6.62. The first-order chi connectivity index (χ1) is 11.0. The number of rotatable bonds is 4. The molecular weight excluding hydrogens is 304 g/mol. The van der Waals surface area contributed by atoms with Crippen LogP contribution in [0.2, 0.25) is 0 Å². The largest absolute Gasteiger partial charge is 0.361 e. The van der Waals surface area contributed by atoms with E-state index in [1.54, 1.807) is 18.9 Å². The SMILES string of the molecule is Cc1nc(CN(C)c2cc3nc[nH]c(=O)c3cc2[N+](=O)[O-])no1. The molecule has 0 amide bonds. The van der Waals surface area contributed by atoms with E-state index in [1.165, 1.54) is 18.5 Å². The summed E-state index contributed by atoms with van der Waals surface area (Å²) < 4.78 is 4.89. The fourth-order valence-corrected chi connectivity index (χ4v) is 2.25. The van der Waals surface area contributed by atoms with Crippen LogP contribution in [0.1, 0.15) is 11.7 Å². The molecule has 0 aliphatic rings. The van der Waals surface area contributed by atoms with E-state index in [-0.39, 0.29) is 17.6 Å². The third kappa shape index (κ3) is 2.73. The minimum Gasteiger partial charge on any atom is -0.361 e. The van der Waals surface area contributed by atoms with Crippen molar-refractivity contribution in [3.63, 3.8) is 0 Å². The first-order valence-corrected chi connectivity index (χ1v) is 6.62. The summed E-state index contributed by atoms with van der Waals surface area (Å²) in [6.07, 6.45) is 1.25. The summed E-state index contributed by atoms with van der Waals surface area (Å²) in [5, 5.41) is 15.3. The number of H-pyrrole nitrogens is 1. The summed E-state index contributed by atoms with van der Waals surface area (Å²) in [7, 11) is 1.66. The molecule has 0 spiro atoms. The lowest BCUT2D eigenvalue weighted by Crippen LogP contribution is -2.19. The zero-order chi connectivity index (χ0) is 16.6. The van der Waals surface area contributed by atoms with E-state index in [0.717, 1.165) is 0 Å². The van der Waals surface area contributed by atoms with Crippen LogP contribution in [0.25, 0.3) is 10.9 Å². The van der Waals surface area contributed by atoms with Crippen LogP contribution in [-0.4, -0.2) is 32.1 Å². The predicted molar refractivity (Wildman–Crippen MR) is 80.2 cm³/mol. The van der Waals surface area contributed by atoms with Crippen LogP contribution in [0.15, 0.2) is 27.8 Å². The van der Waals surface area contributed by atoms with Crippen LogP contribution in [0.5, 0.6) is 0 Å². The Kier molecular flexibility index (Phi) is 3.48. The van der Waals surface area contributed by atoms with E-state index >= 15 is 0 Å². The molecule has 3 rings (SSSR count). The lowest BCUT2D eigenvalue weighted by molar-refractivity contribution is -0.384. The van der Waals surface area contributed by atoms with E-state index in [4.69, 9.17) is 4.52 Å². The van der Waals surface area contributed by atoms with Crippen molar-refractivity contribution < 1.29 is 9.45 Å². The van der Waals surface area contributed by atoms with Gasteiger partial charge in [0, 0.05) is 20.0 Å². The van der Waals surface area contributed by atoms with Crippen molar-refractivity contribution in [3.8, 4) is 0 Å². The number of nitro benzene ring substituents is 1. The van der Waals surface area contributed by atoms with Gasteiger partial charge in [-0.1, -0.05) is 5.16 Å². The summed E-state index contributed by atoms with van der Waals surface area (Å²) in [5.74, 6) is 0.813. The van der Waals surface area contributed by atoms with Crippen molar-refractivity contribution in [3.05, 3.63) is 50.6 Å². The zero-order valence-electron chi connectivity index (χ0n) is 12.3. The predicted octanol–water partition coefficient (Wildman–Crippen LogP) is 1.16. The highest BCUT2D eigenvalue weighted by molar-refractivity contribution is 5.86. The Morgan fingerprint density at radius 2 is 2.22 bits per heavy atom. The highest BCUT2D eigenvalue weighted by Crippen LogP contribution is 2.31. The second-order valence-corrected chi connectivity index (χ2v) is 4.93. The van der Waals surface area contributed by atoms with Crippen LogP contribution < -0.4 is 10.5 Å². The van der Waals surface area contributed by atoms with Gasteiger partial charge in [0.05, 0.1) is 28.7 Å². The van der Waals surface area contributed by atoms with Crippen molar-refractivity contribution >= 4 is 22.3 Å². The second kappa shape index (κ2) is 5.48. The number of aromatic amines is 1. The number of hydrogen-bond acceptors (Lipinski definition) is 8. The molecule has 10 nitrogen and oxygen atoms in total. The lowest BCUT2D eigenvalue weighted by Gasteiger charge is -2.17. The molecule has 0 radical (unpaired) electrons. The van der Waals surface area contributed by atoms with Gasteiger partial charge in [-0.05, 0) is 6.07 Å². The number of aromatic nitrogens is 4. The van der Waals surface area contributed by atoms with Gasteiger partial charge in [-0.15, -0.1) is 0 Å². The van der Waals surface area contributed by atoms with Gasteiger partial charge in [0.15, 0.2) is 5.82 Å². The van der Waals surface area contributed by atoms with Gasteiger partial charge < -0.3 is 14.4 Å². The molecule has 118 valence electrons. The van der Waals surface area contributed by atoms with Crippen LogP contribution >= 0.6 is 0 Å². The van der Waals surface area contributed by atoms with E-state index in [2.05, 4.69) is 20.1 Å². The molecule has 1 aromatic carbocycles. The molecule has 0 bridgehead atoms. The summed E-state index contributed by atoms with van der Waals surface area (Å²) >= 11 is 0. The number of benzene rings is 1. The Balaban J connectivity index is 2.09. The Labute approximate surface area is 128 Å². The molecule has 2 heterocycles. The Morgan fingerprint density at radius 1 is 1.43 bits per heavy atom. The highest BCUT2D eigenvalue weighted by Gasteiger charge is 2.21. The molecule has 1 N–H and O–H groups in total. The molecule has 23 heavy (non-hydrogen) atoms. The Morgan fingerprint density at radius 3 is 2.87 bits per heavy atom. The van der Waals surface area contributed by atoms with Crippen molar-refractivity contribution in [2.24, 2.45) is 0 Å². The molecule has 0 saturated carbocycles. The summed E-state index contributed by atoms with van der Waals surface area (Å²) in [5.41, 5.74) is 0.0494. The Hall–Kier alpha value is -3.30. The molecule has 0 saturated heterocycles. The van der Waals surface area contributed by atoms with Gasteiger partial charge in [0.2, 0.25) is 5.89 Å². The maximum absolute atomic E-state index is 11.8. The van der Waals surface area contributed by atoms with Crippen LogP contribution in [0, 0.1) is 17.0 Å². The second-order valence-electron chi connectivity index (χ2n) is 4.93. The Bertz CT molecular complexity index is 947. The molecule has 0 unspecified atom stereocenters. The van der Waals surface area contributed by atoms with Gasteiger partial charge in [-0.2, -0.15) is 4.98 Å². The van der Waals surface area contributed by atoms with Crippen molar-refractivity contribution in [2.75, 3.05) is 11.9 Å². The van der Waals surface area contributed by atoms with Gasteiger partial charge in [-0.3, -0.25) is 14.9 Å². The van der Waals surface area contributed by atoms with Gasteiger partial charge in [-0.25, -0.2) is 4.98 Å². The standard InChI is InChI=1S/C13H12N6O4/c1-7-16-12(17-23-7)5-18(2)10-4-9-8(3-11(10)19(21)22)13(20)15-6-14-9/h3-4,6H,5H2,1-2H3,(H,14,15,20). The smallest absolute Gasteiger partial charge is 0.293 e. The molecule has 2 aromatic heterocycles. The van der Waals surface area contributed by atoms with Crippen molar-refractivity contribution in [2.45, 2.75) is 13.5 Å². The topological polar surface area (TPSA) is 131 Å². The third-order valence-corrected chi connectivity index (χ3v) is 3.29. The zero-order valence-corrected chi connectivity index (χ0v) is 12.3. The minimum absolute atomic E-state index is 0.159. The molecule has 0 aliphatic heterocycles. The number of aryl methyl sites for hydroxylation is 1. The van der Waals surface area contributed by atoms with Crippen LogP contribution in [0.3, 0.4) is 0 Å². The average Bonchev–Trinajstić information content (AvgIpc) is 2.91. The van der Waals surface area contributed by atoms with Crippen LogP contribution in [-0.2, 0) is 6.54 Å². The van der Waals surface area contributed by atoms with Crippen molar-refractivity contribution in [1.29, 1.82) is 0 Å². The summed E-state index contributed by atoms with van der Waals surface area (Å²) in [6.45, 7) is 1.87. The molecule has 0 aliphatic carbocycles. The number of nitrogens with one attached hydrogen (secondary N) is 1. The fourth-order valence-electron chi connectivity index (χ4n) is 2.25. The maximum atomic E-state index is 11.8. The molecular formula is C13H12N6O4. The monoisotopic (exact) mass is 316 g/mol. The lowest BCUT2D eigenvalue weighted by atomic mass is 10.1. The number of nitrogens with zero attached hydrogens (tertiary/aromatic N) is 5. The fraction of sp³-hybridized carbons (Fsp3) is 0.231. The normalized spacial score (nSPS) is 10.9.